The SMILES string of the molecule is COc1ccccc1NC(=O)CCC(=O)NN=Cc1ccccc1OCc1ccccc1C#N. The maximum atomic E-state index is 12.1. The number of carbonyl (C=O) groups excluding carboxylic acids is 2. The van der Waals surface area contributed by atoms with Crippen molar-refractivity contribution in [1.82, 2.24) is 5.43 Å². The maximum Gasteiger partial charge on any atom is 0.240 e. The van der Waals surface area contributed by atoms with Gasteiger partial charge in [-0.3, -0.25) is 9.59 Å². The lowest BCUT2D eigenvalue weighted by Gasteiger charge is -2.10. The molecule has 0 aliphatic heterocycles. The second-order valence-electron chi connectivity index (χ2n) is 7.14. The Morgan fingerprint density at radius 2 is 1.62 bits per heavy atom. The Labute approximate surface area is 197 Å². The van der Waals surface area contributed by atoms with Gasteiger partial charge in [0.05, 0.1) is 30.6 Å². The number of methoxy groups -OCH3 is 1. The molecule has 0 aromatic heterocycles. The van der Waals surface area contributed by atoms with E-state index in [9.17, 15) is 14.9 Å². The first-order valence-electron chi connectivity index (χ1n) is 10.6. The molecule has 3 aromatic carbocycles. The van der Waals surface area contributed by atoms with Crippen LogP contribution in [0.25, 0.3) is 0 Å². The van der Waals surface area contributed by atoms with Crippen molar-refractivity contribution in [3.8, 4) is 17.6 Å². The van der Waals surface area contributed by atoms with Crippen molar-refractivity contribution in [2.24, 2.45) is 5.10 Å². The molecule has 0 bridgehead atoms. The molecule has 3 aromatic rings. The predicted octanol–water partition coefficient (Wildman–Crippen LogP) is 4.01. The van der Waals surface area contributed by atoms with Gasteiger partial charge in [-0.25, -0.2) is 5.43 Å². The van der Waals surface area contributed by atoms with Crippen LogP contribution in [0.5, 0.6) is 11.5 Å². The summed E-state index contributed by atoms with van der Waals surface area (Å²) in [7, 11) is 1.52. The van der Waals surface area contributed by atoms with E-state index < -0.39 is 5.91 Å². The van der Waals surface area contributed by atoms with E-state index in [4.69, 9.17) is 9.47 Å². The van der Waals surface area contributed by atoms with Crippen molar-refractivity contribution in [3.05, 3.63) is 89.5 Å². The van der Waals surface area contributed by atoms with Crippen LogP contribution >= 0.6 is 0 Å². The van der Waals surface area contributed by atoms with Gasteiger partial charge >= 0.3 is 0 Å². The van der Waals surface area contributed by atoms with Crippen molar-refractivity contribution in [2.45, 2.75) is 19.4 Å². The lowest BCUT2D eigenvalue weighted by molar-refractivity contribution is -0.124. The van der Waals surface area contributed by atoms with E-state index >= 15 is 0 Å². The molecule has 0 heterocycles. The number of nitrogens with zero attached hydrogens (tertiary/aromatic N) is 2. The summed E-state index contributed by atoms with van der Waals surface area (Å²) < 4.78 is 11.1. The zero-order valence-electron chi connectivity index (χ0n) is 18.7. The summed E-state index contributed by atoms with van der Waals surface area (Å²) in [5.74, 6) is 0.402. The highest BCUT2D eigenvalue weighted by Crippen LogP contribution is 2.23. The van der Waals surface area contributed by atoms with Crippen LogP contribution < -0.4 is 20.2 Å². The number of nitrogens with one attached hydrogen (secondary N) is 2. The van der Waals surface area contributed by atoms with Gasteiger partial charge in [-0.1, -0.05) is 42.5 Å². The molecule has 0 fully saturated rings. The fourth-order valence-electron chi connectivity index (χ4n) is 3.05. The minimum absolute atomic E-state index is 0.00258. The average molecular weight is 457 g/mol. The molecule has 0 saturated carbocycles. The smallest absolute Gasteiger partial charge is 0.240 e. The third-order valence-corrected chi connectivity index (χ3v) is 4.79. The fraction of sp³-hybridized carbons (Fsp3) is 0.154. The minimum Gasteiger partial charge on any atom is -0.495 e. The van der Waals surface area contributed by atoms with Gasteiger partial charge in [-0.15, -0.1) is 0 Å². The molecule has 0 aliphatic carbocycles. The number of ether oxygens (including phenoxy) is 2. The third-order valence-electron chi connectivity index (χ3n) is 4.79. The van der Waals surface area contributed by atoms with Gasteiger partial charge in [0, 0.05) is 24.0 Å². The van der Waals surface area contributed by atoms with Gasteiger partial charge < -0.3 is 14.8 Å². The van der Waals surface area contributed by atoms with Crippen LogP contribution in [0.3, 0.4) is 0 Å². The molecule has 2 amide bonds. The molecule has 2 N–H and O–H groups in total. The zero-order valence-corrected chi connectivity index (χ0v) is 18.7. The molecule has 0 unspecified atom stereocenters. The van der Waals surface area contributed by atoms with Crippen LogP contribution in [0, 0.1) is 11.3 Å². The summed E-state index contributed by atoms with van der Waals surface area (Å²) in [5.41, 5.74) is 4.95. The molecule has 0 radical (unpaired) electrons. The van der Waals surface area contributed by atoms with Crippen LogP contribution in [-0.4, -0.2) is 25.1 Å². The fourth-order valence-corrected chi connectivity index (χ4v) is 3.05. The normalized spacial score (nSPS) is 10.4. The first-order valence-corrected chi connectivity index (χ1v) is 10.6. The van der Waals surface area contributed by atoms with Crippen LogP contribution in [0.2, 0.25) is 0 Å². The highest BCUT2D eigenvalue weighted by Gasteiger charge is 2.10. The van der Waals surface area contributed by atoms with Gasteiger partial charge in [-0.2, -0.15) is 10.4 Å². The summed E-state index contributed by atoms with van der Waals surface area (Å²) in [6, 6.07) is 23.6. The molecule has 34 heavy (non-hydrogen) atoms. The predicted molar refractivity (Wildman–Crippen MR) is 129 cm³/mol. The highest BCUT2D eigenvalue weighted by atomic mass is 16.5. The first kappa shape index (κ1) is 24.0. The minimum atomic E-state index is -0.396. The number of carbonyl (C=O) groups is 2. The number of rotatable bonds is 10. The summed E-state index contributed by atoms with van der Waals surface area (Å²) in [6.45, 7) is 0.224. The summed E-state index contributed by atoms with van der Waals surface area (Å²) in [4.78, 5) is 24.2. The number of nitriles is 1. The second-order valence-corrected chi connectivity index (χ2v) is 7.14. The van der Waals surface area contributed by atoms with Crippen molar-refractivity contribution >= 4 is 23.7 Å². The van der Waals surface area contributed by atoms with Crippen LogP contribution in [0.4, 0.5) is 5.69 Å². The largest absolute Gasteiger partial charge is 0.495 e. The van der Waals surface area contributed by atoms with E-state index in [2.05, 4.69) is 21.9 Å². The van der Waals surface area contributed by atoms with Gasteiger partial charge in [-0.05, 0) is 30.3 Å². The third kappa shape index (κ3) is 6.93. The van der Waals surface area contributed by atoms with Gasteiger partial charge in [0.25, 0.3) is 0 Å². The number of hydrogen-bond acceptors (Lipinski definition) is 6. The van der Waals surface area contributed by atoms with E-state index in [-0.39, 0.29) is 25.4 Å². The van der Waals surface area contributed by atoms with E-state index in [0.29, 0.717) is 28.3 Å². The number of para-hydroxylation sites is 3. The van der Waals surface area contributed by atoms with Crippen molar-refractivity contribution in [1.29, 1.82) is 5.26 Å². The molecular weight excluding hydrogens is 432 g/mol. The van der Waals surface area contributed by atoms with Crippen LogP contribution in [0.15, 0.2) is 77.9 Å². The van der Waals surface area contributed by atoms with Gasteiger partial charge in [0.15, 0.2) is 0 Å². The molecule has 172 valence electrons. The molecule has 0 saturated heterocycles. The Morgan fingerprint density at radius 3 is 2.41 bits per heavy atom. The van der Waals surface area contributed by atoms with Crippen molar-refractivity contribution in [3.63, 3.8) is 0 Å². The monoisotopic (exact) mass is 456 g/mol. The molecule has 3 rings (SSSR count). The Kier molecular flexibility index (Phi) is 8.76. The zero-order chi connectivity index (χ0) is 24.2. The lowest BCUT2D eigenvalue weighted by atomic mass is 10.1. The number of benzene rings is 3. The summed E-state index contributed by atoms with van der Waals surface area (Å²) in [6.07, 6.45) is 1.44. The van der Waals surface area contributed by atoms with E-state index in [1.165, 1.54) is 13.3 Å². The van der Waals surface area contributed by atoms with E-state index in [0.717, 1.165) is 5.56 Å². The highest BCUT2D eigenvalue weighted by molar-refractivity contribution is 5.94. The number of hydrogen-bond donors (Lipinski definition) is 2. The number of anilines is 1. The standard InChI is InChI=1S/C26H24N4O4/c1-33-24-13-7-5-11-22(24)29-25(31)14-15-26(32)30-28-17-20-9-4-6-12-23(20)34-18-21-10-3-2-8-19(21)16-27/h2-13,17H,14-15,18H2,1H3,(H,29,31)(H,30,32). The maximum absolute atomic E-state index is 12.1. The first-order chi connectivity index (χ1) is 16.6. The van der Waals surface area contributed by atoms with E-state index in [1.807, 2.05) is 24.3 Å². The Hall–Kier alpha value is -4.64. The Bertz CT molecular complexity index is 1220. The van der Waals surface area contributed by atoms with Crippen molar-refractivity contribution < 1.29 is 19.1 Å². The molecule has 0 aliphatic rings. The quantitative estimate of drug-likeness (QED) is 0.353. The van der Waals surface area contributed by atoms with Crippen LogP contribution in [-0.2, 0) is 16.2 Å². The summed E-state index contributed by atoms with van der Waals surface area (Å²) >= 11 is 0. The number of hydrazone groups is 1. The molecule has 8 nitrogen and oxygen atoms in total. The van der Waals surface area contributed by atoms with Crippen molar-refractivity contribution in [2.75, 3.05) is 12.4 Å². The Morgan fingerprint density at radius 1 is 0.941 bits per heavy atom. The molecule has 8 heteroatoms. The Balaban J connectivity index is 1.50. The van der Waals surface area contributed by atoms with Gasteiger partial charge in [0.2, 0.25) is 11.8 Å². The summed E-state index contributed by atoms with van der Waals surface area (Å²) in [5, 5.41) is 15.9. The number of amides is 2. The van der Waals surface area contributed by atoms with Crippen LogP contribution in [0.1, 0.15) is 29.5 Å². The second kappa shape index (κ2) is 12.4. The average Bonchev–Trinajstić information content (AvgIpc) is 2.87. The molecule has 0 atom stereocenters. The van der Waals surface area contributed by atoms with Gasteiger partial charge in [0.1, 0.15) is 18.1 Å². The molecular formula is C26H24N4O4. The van der Waals surface area contributed by atoms with E-state index in [1.54, 1.807) is 48.5 Å². The lowest BCUT2D eigenvalue weighted by Crippen LogP contribution is -2.20. The topological polar surface area (TPSA) is 113 Å². The molecule has 0 spiro atoms.